The first-order valence-electron chi connectivity index (χ1n) is 6.11. The molecule has 0 aliphatic heterocycles. The SMILES string of the molecule is CN(CC(C)(C)C)c1cc(Br)ccc1C=CC(=O)O. The Morgan fingerprint density at radius 3 is 2.58 bits per heavy atom. The highest BCUT2D eigenvalue weighted by molar-refractivity contribution is 9.10. The zero-order valence-corrected chi connectivity index (χ0v) is 13.4. The third-order valence-electron chi connectivity index (χ3n) is 2.52. The lowest BCUT2D eigenvalue weighted by Gasteiger charge is -2.29. The fraction of sp³-hybridized carbons (Fsp3) is 0.400. The van der Waals surface area contributed by atoms with E-state index < -0.39 is 5.97 Å². The summed E-state index contributed by atoms with van der Waals surface area (Å²) in [5.74, 6) is -0.938. The van der Waals surface area contributed by atoms with Gasteiger partial charge in [0, 0.05) is 29.8 Å². The molecular weight excluding hydrogens is 306 g/mol. The summed E-state index contributed by atoms with van der Waals surface area (Å²) in [6.07, 6.45) is 2.79. The van der Waals surface area contributed by atoms with Crippen molar-refractivity contribution in [2.45, 2.75) is 20.8 Å². The van der Waals surface area contributed by atoms with Crippen molar-refractivity contribution in [2.24, 2.45) is 5.41 Å². The van der Waals surface area contributed by atoms with Crippen LogP contribution in [0.4, 0.5) is 5.69 Å². The third-order valence-corrected chi connectivity index (χ3v) is 3.01. The molecule has 0 atom stereocenters. The number of hydrogen-bond donors (Lipinski definition) is 1. The number of carbonyl (C=O) groups is 1. The van der Waals surface area contributed by atoms with Gasteiger partial charge in [-0.15, -0.1) is 0 Å². The monoisotopic (exact) mass is 325 g/mol. The highest BCUT2D eigenvalue weighted by Crippen LogP contribution is 2.28. The number of carboxylic acid groups (broad SMARTS) is 1. The predicted octanol–water partition coefficient (Wildman–Crippen LogP) is 4.03. The number of anilines is 1. The molecule has 0 aromatic heterocycles. The van der Waals surface area contributed by atoms with Gasteiger partial charge >= 0.3 is 5.97 Å². The Balaban J connectivity index is 3.09. The van der Waals surface area contributed by atoms with E-state index in [9.17, 15) is 4.79 Å². The van der Waals surface area contributed by atoms with E-state index in [0.717, 1.165) is 28.3 Å². The molecule has 0 unspecified atom stereocenters. The number of benzene rings is 1. The molecule has 1 rings (SSSR count). The fourth-order valence-electron chi connectivity index (χ4n) is 1.95. The van der Waals surface area contributed by atoms with Crippen molar-refractivity contribution < 1.29 is 9.90 Å². The maximum Gasteiger partial charge on any atom is 0.328 e. The molecule has 0 saturated carbocycles. The Morgan fingerprint density at radius 1 is 1.42 bits per heavy atom. The summed E-state index contributed by atoms with van der Waals surface area (Å²) in [4.78, 5) is 12.8. The topological polar surface area (TPSA) is 40.5 Å². The lowest BCUT2D eigenvalue weighted by atomic mass is 9.95. The molecule has 0 radical (unpaired) electrons. The largest absolute Gasteiger partial charge is 0.478 e. The molecule has 0 aliphatic carbocycles. The molecule has 4 heteroatoms. The van der Waals surface area contributed by atoms with Crippen LogP contribution in [0.15, 0.2) is 28.7 Å². The van der Waals surface area contributed by atoms with Gasteiger partial charge in [0.15, 0.2) is 0 Å². The molecule has 0 amide bonds. The van der Waals surface area contributed by atoms with Gasteiger partial charge in [0.1, 0.15) is 0 Å². The fourth-order valence-corrected chi connectivity index (χ4v) is 2.30. The van der Waals surface area contributed by atoms with E-state index in [1.807, 2.05) is 25.2 Å². The minimum atomic E-state index is -0.938. The molecule has 19 heavy (non-hydrogen) atoms. The number of rotatable bonds is 4. The van der Waals surface area contributed by atoms with Gasteiger partial charge in [0.25, 0.3) is 0 Å². The van der Waals surface area contributed by atoms with E-state index in [-0.39, 0.29) is 5.41 Å². The zero-order chi connectivity index (χ0) is 14.6. The first-order valence-corrected chi connectivity index (χ1v) is 6.90. The average Bonchev–Trinajstić information content (AvgIpc) is 2.24. The molecule has 0 saturated heterocycles. The zero-order valence-electron chi connectivity index (χ0n) is 11.8. The molecule has 1 aromatic carbocycles. The van der Waals surface area contributed by atoms with Crippen LogP contribution >= 0.6 is 15.9 Å². The second kappa shape index (κ2) is 6.24. The van der Waals surface area contributed by atoms with Crippen LogP contribution in [0.1, 0.15) is 26.3 Å². The Hall–Kier alpha value is -1.29. The van der Waals surface area contributed by atoms with Crippen molar-refractivity contribution in [3.05, 3.63) is 34.3 Å². The first-order chi connectivity index (χ1) is 8.69. The van der Waals surface area contributed by atoms with Gasteiger partial charge in [0.2, 0.25) is 0 Å². The summed E-state index contributed by atoms with van der Waals surface area (Å²) in [6, 6.07) is 5.83. The smallest absolute Gasteiger partial charge is 0.328 e. The second-order valence-electron chi connectivity index (χ2n) is 5.79. The second-order valence-corrected chi connectivity index (χ2v) is 6.71. The van der Waals surface area contributed by atoms with Crippen molar-refractivity contribution in [1.29, 1.82) is 0 Å². The van der Waals surface area contributed by atoms with E-state index >= 15 is 0 Å². The van der Waals surface area contributed by atoms with Crippen molar-refractivity contribution >= 4 is 33.7 Å². The summed E-state index contributed by atoms with van der Waals surface area (Å²) >= 11 is 3.46. The quantitative estimate of drug-likeness (QED) is 0.849. The summed E-state index contributed by atoms with van der Waals surface area (Å²) in [6.45, 7) is 7.41. The number of carboxylic acids is 1. The maximum atomic E-state index is 10.6. The summed E-state index contributed by atoms with van der Waals surface area (Å²) < 4.78 is 0.982. The number of hydrogen-bond acceptors (Lipinski definition) is 2. The van der Waals surface area contributed by atoms with Crippen molar-refractivity contribution in [1.82, 2.24) is 0 Å². The van der Waals surface area contributed by atoms with Crippen LogP contribution in [0.3, 0.4) is 0 Å². The van der Waals surface area contributed by atoms with Gasteiger partial charge in [-0.05, 0) is 29.2 Å². The lowest BCUT2D eigenvalue weighted by Crippen LogP contribution is -2.29. The standard InChI is InChI=1S/C15H20BrNO2/c1-15(2,3)10-17(4)13-9-12(16)7-5-11(13)6-8-14(18)19/h5-9H,10H2,1-4H3,(H,18,19). The van der Waals surface area contributed by atoms with Gasteiger partial charge in [-0.3, -0.25) is 0 Å². The minimum absolute atomic E-state index is 0.171. The molecule has 0 heterocycles. The number of nitrogens with zero attached hydrogens (tertiary/aromatic N) is 1. The van der Waals surface area contributed by atoms with Gasteiger partial charge in [-0.2, -0.15) is 0 Å². The average molecular weight is 326 g/mol. The molecule has 0 bridgehead atoms. The summed E-state index contributed by atoms with van der Waals surface area (Å²) in [5, 5.41) is 8.74. The van der Waals surface area contributed by atoms with E-state index in [1.54, 1.807) is 6.08 Å². The third kappa shape index (κ3) is 5.47. The van der Waals surface area contributed by atoms with E-state index in [1.165, 1.54) is 0 Å². The van der Waals surface area contributed by atoms with Crippen LogP contribution in [-0.4, -0.2) is 24.7 Å². The van der Waals surface area contributed by atoms with Crippen LogP contribution < -0.4 is 4.90 Å². The van der Waals surface area contributed by atoms with E-state index in [4.69, 9.17) is 5.11 Å². The molecule has 104 valence electrons. The Labute approximate surface area is 123 Å². The Kier molecular flexibility index (Phi) is 5.18. The van der Waals surface area contributed by atoms with E-state index in [2.05, 4.69) is 41.6 Å². The van der Waals surface area contributed by atoms with Gasteiger partial charge in [-0.1, -0.05) is 42.8 Å². The lowest BCUT2D eigenvalue weighted by molar-refractivity contribution is -0.131. The van der Waals surface area contributed by atoms with Gasteiger partial charge in [0.05, 0.1) is 0 Å². The molecular formula is C15H20BrNO2. The molecule has 1 N–H and O–H groups in total. The molecule has 0 spiro atoms. The summed E-state index contributed by atoms with van der Waals surface area (Å²) in [5.41, 5.74) is 2.09. The number of aliphatic carboxylic acids is 1. The van der Waals surface area contributed by atoms with Gasteiger partial charge < -0.3 is 10.0 Å². The number of halogens is 1. The van der Waals surface area contributed by atoms with Gasteiger partial charge in [-0.25, -0.2) is 4.79 Å². The Morgan fingerprint density at radius 2 is 2.05 bits per heavy atom. The van der Waals surface area contributed by atoms with Crippen LogP contribution in [-0.2, 0) is 4.79 Å². The highest BCUT2D eigenvalue weighted by atomic mass is 79.9. The van der Waals surface area contributed by atoms with E-state index in [0.29, 0.717) is 0 Å². The normalized spacial score (nSPS) is 11.8. The van der Waals surface area contributed by atoms with Crippen LogP contribution in [0, 0.1) is 5.41 Å². The van der Waals surface area contributed by atoms with Crippen LogP contribution in [0.25, 0.3) is 6.08 Å². The van der Waals surface area contributed by atoms with Crippen molar-refractivity contribution in [3.63, 3.8) is 0 Å². The van der Waals surface area contributed by atoms with Crippen molar-refractivity contribution in [3.8, 4) is 0 Å². The Bertz CT molecular complexity index is 489. The maximum absolute atomic E-state index is 10.6. The molecule has 3 nitrogen and oxygen atoms in total. The summed E-state index contributed by atoms with van der Waals surface area (Å²) in [7, 11) is 2.02. The first kappa shape index (κ1) is 15.8. The predicted molar refractivity (Wildman–Crippen MR) is 83.5 cm³/mol. The molecule has 1 aromatic rings. The molecule has 0 fully saturated rings. The van der Waals surface area contributed by atoms with Crippen LogP contribution in [0.5, 0.6) is 0 Å². The highest BCUT2D eigenvalue weighted by Gasteiger charge is 2.15. The minimum Gasteiger partial charge on any atom is -0.478 e. The van der Waals surface area contributed by atoms with Crippen molar-refractivity contribution in [2.75, 3.05) is 18.5 Å². The van der Waals surface area contributed by atoms with Crippen LogP contribution in [0.2, 0.25) is 0 Å². The molecule has 0 aliphatic rings.